The normalized spacial score (nSPS) is 17.1. The fourth-order valence-electron chi connectivity index (χ4n) is 3.71. The number of esters is 1. The van der Waals surface area contributed by atoms with Crippen LogP contribution in [0.1, 0.15) is 31.6 Å². The molecular weight excluding hydrogens is 370 g/mol. The average Bonchev–Trinajstić information content (AvgIpc) is 3.17. The summed E-state index contributed by atoms with van der Waals surface area (Å²) in [7, 11) is 0. The van der Waals surface area contributed by atoms with Crippen LogP contribution in [0.3, 0.4) is 0 Å². The molecule has 1 aliphatic rings. The van der Waals surface area contributed by atoms with E-state index in [9.17, 15) is 4.79 Å². The van der Waals surface area contributed by atoms with Crippen LogP contribution in [-0.4, -0.2) is 35.6 Å². The predicted molar refractivity (Wildman–Crippen MR) is 114 cm³/mol. The van der Waals surface area contributed by atoms with Crippen molar-refractivity contribution in [3.05, 3.63) is 41.3 Å². The molecule has 0 amide bonds. The summed E-state index contributed by atoms with van der Waals surface area (Å²) in [5.41, 5.74) is 1.01. The van der Waals surface area contributed by atoms with E-state index in [1.807, 2.05) is 37.3 Å². The Balaban J connectivity index is 1.76. The Morgan fingerprint density at radius 3 is 2.82 bits per heavy atom. The monoisotopic (exact) mass is 395 g/mol. The Bertz CT molecular complexity index is 971. The van der Waals surface area contributed by atoms with Gasteiger partial charge in [-0.2, -0.15) is 0 Å². The van der Waals surface area contributed by atoms with Gasteiger partial charge in [-0.15, -0.1) is 11.3 Å². The van der Waals surface area contributed by atoms with Crippen molar-refractivity contribution in [2.75, 3.05) is 24.6 Å². The number of carbonyl (C=O) groups is 1. The Morgan fingerprint density at radius 1 is 1.25 bits per heavy atom. The van der Waals surface area contributed by atoms with Gasteiger partial charge in [0.05, 0.1) is 17.9 Å². The number of benzene rings is 1. The second kappa shape index (κ2) is 8.27. The van der Waals surface area contributed by atoms with E-state index in [-0.39, 0.29) is 11.9 Å². The topological polar surface area (TPSA) is 55.3 Å². The smallest absolute Gasteiger partial charge is 0.310 e. The Labute approximate surface area is 169 Å². The van der Waals surface area contributed by atoms with Gasteiger partial charge < -0.3 is 9.64 Å². The third kappa shape index (κ3) is 3.74. The largest absolute Gasteiger partial charge is 0.466 e. The first-order valence-electron chi connectivity index (χ1n) is 9.97. The van der Waals surface area contributed by atoms with Crippen molar-refractivity contribution in [1.29, 1.82) is 0 Å². The van der Waals surface area contributed by atoms with Crippen molar-refractivity contribution in [3.63, 3.8) is 0 Å². The number of carbonyl (C=O) groups excluding carboxylic acids is 1. The highest BCUT2D eigenvalue weighted by Gasteiger charge is 2.29. The number of hydrogen-bond donors (Lipinski definition) is 0. The highest BCUT2D eigenvalue weighted by Crippen LogP contribution is 2.35. The Morgan fingerprint density at radius 2 is 2.07 bits per heavy atom. The lowest BCUT2D eigenvalue weighted by atomic mass is 9.98. The molecule has 0 bridgehead atoms. The van der Waals surface area contributed by atoms with Gasteiger partial charge >= 0.3 is 5.97 Å². The number of aromatic nitrogens is 2. The molecule has 5 nitrogen and oxygen atoms in total. The van der Waals surface area contributed by atoms with Crippen molar-refractivity contribution in [3.8, 4) is 11.4 Å². The minimum atomic E-state index is -0.0969. The summed E-state index contributed by atoms with van der Waals surface area (Å²) < 4.78 is 5.27. The zero-order valence-corrected chi connectivity index (χ0v) is 17.2. The van der Waals surface area contributed by atoms with E-state index in [4.69, 9.17) is 14.7 Å². The van der Waals surface area contributed by atoms with Crippen LogP contribution in [0.25, 0.3) is 21.6 Å². The number of aryl methyl sites for hydroxylation is 1. The van der Waals surface area contributed by atoms with Crippen LogP contribution in [0.5, 0.6) is 0 Å². The van der Waals surface area contributed by atoms with Gasteiger partial charge in [0.1, 0.15) is 10.6 Å². The maximum atomic E-state index is 12.3. The van der Waals surface area contributed by atoms with Gasteiger partial charge in [0, 0.05) is 23.5 Å². The number of thiophene rings is 1. The summed E-state index contributed by atoms with van der Waals surface area (Å²) in [6.45, 7) is 5.99. The SMILES string of the molecule is CCOC(=O)C1CCCN(c2nc(-c3ccccc3)nc3sc(CC)cc23)C1. The van der Waals surface area contributed by atoms with Crippen LogP contribution in [0, 0.1) is 5.92 Å². The molecule has 28 heavy (non-hydrogen) atoms. The molecule has 2 aromatic heterocycles. The molecule has 1 aromatic carbocycles. The van der Waals surface area contributed by atoms with Crippen molar-refractivity contribution < 1.29 is 9.53 Å². The molecule has 1 atom stereocenters. The average molecular weight is 396 g/mol. The standard InChI is InChI=1S/C22H25N3O2S/c1-3-17-13-18-20(25-12-8-11-16(14-25)22(26)27-4-2)23-19(24-21(18)28-17)15-9-6-5-7-10-15/h5-7,9-10,13,16H,3-4,8,11-12,14H2,1-2H3. The van der Waals surface area contributed by atoms with Crippen LogP contribution >= 0.6 is 11.3 Å². The number of fused-ring (bicyclic) bond motifs is 1. The molecule has 0 radical (unpaired) electrons. The first-order chi connectivity index (χ1) is 13.7. The molecule has 1 fully saturated rings. The van der Waals surface area contributed by atoms with Crippen LogP contribution < -0.4 is 4.90 Å². The fourth-order valence-corrected chi connectivity index (χ4v) is 4.67. The molecule has 3 heterocycles. The molecule has 3 aromatic rings. The van der Waals surface area contributed by atoms with Gasteiger partial charge in [-0.3, -0.25) is 4.79 Å². The van der Waals surface area contributed by atoms with E-state index in [0.29, 0.717) is 13.2 Å². The zero-order valence-electron chi connectivity index (χ0n) is 16.4. The highest BCUT2D eigenvalue weighted by atomic mass is 32.1. The summed E-state index contributed by atoms with van der Waals surface area (Å²) in [6, 6.07) is 12.3. The minimum absolute atomic E-state index is 0.0943. The van der Waals surface area contributed by atoms with Crippen molar-refractivity contribution in [2.45, 2.75) is 33.1 Å². The van der Waals surface area contributed by atoms with Gasteiger partial charge in [0.25, 0.3) is 0 Å². The van der Waals surface area contributed by atoms with E-state index in [0.717, 1.165) is 53.2 Å². The van der Waals surface area contributed by atoms with E-state index in [1.165, 1.54) is 4.88 Å². The van der Waals surface area contributed by atoms with E-state index in [2.05, 4.69) is 17.9 Å². The van der Waals surface area contributed by atoms with Gasteiger partial charge in [-0.05, 0) is 32.3 Å². The van der Waals surface area contributed by atoms with Gasteiger partial charge in [-0.25, -0.2) is 9.97 Å². The first-order valence-corrected chi connectivity index (χ1v) is 10.8. The van der Waals surface area contributed by atoms with Crippen LogP contribution in [0.15, 0.2) is 36.4 Å². The lowest BCUT2D eigenvalue weighted by molar-refractivity contribution is -0.148. The molecule has 4 rings (SSSR count). The Kier molecular flexibility index (Phi) is 5.57. The quantitative estimate of drug-likeness (QED) is 0.586. The van der Waals surface area contributed by atoms with Gasteiger partial charge in [0.2, 0.25) is 0 Å². The number of ether oxygens (including phenoxy) is 1. The van der Waals surface area contributed by atoms with Crippen LogP contribution in [-0.2, 0) is 16.0 Å². The van der Waals surface area contributed by atoms with E-state index < -0.39 is 0 Å². The summed E-state index contributed by atoms with van der Waals surface area (Å²) in [5.74, 6) is 1.49. The van der Waals surface area contributed by atoms with Crippen molar-refractivity contribution in [2.24, 2.45) is 5.92 Å². The lowest BCUT2D eigenvalue weighted by Gasteiger charge is -2.32. The number of anilines is 1. The summed E-state index contributed by atoms with van der Waals surface area (Å²) in [4.78, 5) is 26.6. The van der Waals surface area contributed by atoms with Crippen molar-refractivity contribution >= 4 is 33.3 Å². The number of hydrogen-bond acceptors (Lipinski definition) is 6. The molecule has 0 spiro atoms. The summed E-state index contributed by atoms with van der Waals surface area (Å²) in [6.07, 6.45) is 2.81. The highest BCUT2D eigenvalue weighted by molar-refractivity contribution is 7.18. The Hall–Kier alpha value is -2.47. The number of nitrogens with zero attached hydrogens (tertiary/aromatic N) is 3. The van der Waals surface area contributed by atoms with E-state index >= 15 is 0 Å². The molecule has 146 valence electrons. The summed E-state index contributed by atoms with van der Waals surface area (Å²) in [5, 5.41) is 1.09. The zero-order chi connectivity index (χ0) is 19.5. The van der Waals surface area contributed by atoms with Crippen molar-refractivity contribution in [1.82, 2.24) is 9.97 Å². The molecule has 1 saturated heterocycles. The molecular formula is C22H25N3O2S. The maximum Gasteiger partial charge on any atom is 0.310 e. The number of piperidine rings is 1. The van der Waals surface area contributed by atoms with Crippen LogP contribution in [0.4, 0.5) is 5.82 Å². The molecule has 0 saturated carbocycles. The number of rotatable bonds is 5. The predicted octanol–water partition coefficient (Wildman–Crippen LogP) is 4.70. The third-order valence-corrected chi connectivity index (χ3v) is 6.32. The van der Waals surface area contributed by atoms with Gasteiger partial charge in [-0.1, -0.05) is 37.3 Å². The van der Waals surface area contributed by atoms with E-state index in [1.54, 1.807) is 11.3 Å². The third-order valence-electron chi connectivity index (χ3n) is 5.14. The maximum absolute atomic E-state index is 12.3. The second-order valence-corrected chi connectivity index (χ2v) is 8.17. The lowest BCUT2D eigenvalue weighted by Crippen LogP contribution is -2.40. The molecule has 0 aliphatic carbocycles. The minimum Gasteiger partial charge on any atom is -0.466 e. The fraction of sp³-hybridized carbons (Fsp3) is 0.409. The molecule has 6 heteroatoms. The van der Waals surface area contributed by atoms with Crippen LogP contribution in [0.2, 0.25) is 0 Å². The molecule has 1 unspecified atom stereocenters. The summed E-state index contributed by atoms with van der Waals surface area (Å²) >= 11 is 1.73. The molecule has 0 N–H and O–H groups in total. The first kappa shape index (κ1) is 18.9. The second-order valence-electron chi connectivity index (χ2n) is 7.06. The molecule has 1 aliphatic heterocycles. The van der Waals surface area contributed by atoms with Gasteiger partial charge in [0.15, 0.2) is 5.82 Å².